The molecule has 4 rings (SSSR count). The minimum absolute atomic E-state index is 0.160. The zero-order valence-electron chi connectivity index (χ0n) is 20.6. The van der Waals surface area contributed by atoms with Gasteiger partial charge in [0.25, 0.3) is 0 Å². The molecule has 1 spiro atoms. The summed E-state index contributed by atoms with van der Waals surface area (Å²) < 4.78 is 8.76. The quantitative estimate of drug-likeness (QED) is 0.481. The van der Waals surface area contributed by atoms with Crippen LogP contribution in [-0.2, 0) is 11.3 Å². The molecule has 3 heterocycles. The van der Waals surface area contributed by atoms with Crippen molar-refractivity contribution in [1.82, 2.24) is 19.6 Å². The molecule has 1 aromatic carbocycles. The highest BCUT2D eigenvalue weighted by molar-refractivity contribution is 9.10. The Morgan fingerprint density at radius 3 is 2.55 bits per heavy atom. The molecule has 2 aromatic rings. The van der Waals surface area contributed by atoms with Crippen molar-refractivity contribution in [2.24, 2.45) is 0 Å². The molecule has 1 amide bonds. The van der Waals surface area contributed by atoms with Crippen molar-refractivity contribution < 1.29 is 9.53 Å². The number of likely N-dealkylation sites (tertiary alicyclic amines) is 2. The largest absolute Gasteiger partial charge is 0.444 e. The molecule has 6 nitrogen and oxygen atoms in total. The fourth-order valence-electron chi connectivity index (χ4n) is 5.13. The van der Waals surface area contributed by atoms with Crippen LogP contribution in [0.2, 0.25) is 0 Å². The molecule has 0 bridgehead atoms. The predicted molar refractivity (Wildman–Crippen MR) is 135 cm³/mol. The van der Waals surface area contributed by atoms with Crippen molar-refractivity contribution in [3.8, 4) is 11.3 Å². The maximum Gasteiger partial charge on any atom is 0.410 e. The summed E-state index contributed by atoms with van der Waals surface area (Å²) >= 11 is 3.61. The molecule has 0 aliphatic carbocycles. The second-order valence-electron chi connectivity index (χ2n) is 10.8. The Kier molecular flexibility index (Phi) is 6.92. The number of ether oxygens (including phenoxy) is 1. The van der Waals surface area contributed by atoms with Crippen LogP contribution in [0.25, 0.3) is 11.3 Å². The highest BCUT2D eigenvalue weighted by Crippen LogP contribution is 2.40. The summed E-state index contributed by atoms with van der Waals surface area (Å²) in [5.41, 5.74) is 3.19. The van der Waals surface area contributed by atoms with Crippen molar-refractivity contribution in [3.63, 3.8) is 0 Å². The number of halogens is 1. The van der Waals surface area contributed by atoms with E-state index in [2.05, 4.69) is 69.8 Å². The Morgan fingerprint density at radius 1 is 1.18 bits per heavy atom. The van der Waals surface area contributed by atoms with Crippen LogP contribution in [0.15, 0.2) is 34.9 Å². The Labute approximate surface area is 206 Å². The first-order chi connectivity index (χ1) is 15.6. The van der Waals surface area contributed by atoms with E-state index in [9.17, 15) is 4.79 Å². The molecular weight excluding hydrogens is 480 g/mol. The van der Waals surface area contributed by atoms with Gasteiger partial charge >= 0.3 is 6.09 Å². The van der Waals surface area contributed by atoms with Crippen molar-refractivity contribution >= 4 is 22.0 Å². The molecule has 2 saturated heterocycles. The lowest BCUT2D eigenvalue weighted by Crippen LogP contribution is -2.53. The van der Waals surface area contributed by atoms with Gasteiger partial charge in [0.1, 0.15) is 5.60 Å². The third-order valence-corrected chi connectivity index (χ3v) is 7.38. The van der Waals surface area contributed by atoms with Crippen molar-refractivity contribution in [3.05, 3.63) is 40.5 Å². The van der Waals surface area contributed by atoms with Gasteiger partial charge in [-0.2, -0.15) is 5.10 Å². The maximum absolute atomic E-state index is 12.6. The minimum atomic E-state index is -0.453. The standard InChI is InChI=1S/C26H37BrN4O2/c1-19(2)31-18-21(23(28-31)20-8-6-9-22(27)16-20)17-30-13-7-10-26(30)11-14-29(15-12-26)24(32)33-25(3,4)5/h6,8-9,16,18-19H,7,10-15,17H2,1-5H3. The number of aromatic nitrogens is 2. The zero-order valence-corrected chi connectivity index (χ0v) is 22.2. The van der Waals surface area contributed by atoms with E-state index in [1.54, 1.807) is 0 Å². The summed E-state index contributed by atoms with van der Waals surface area (Å²) in [5.74, 6) is 0. The lowest BCUT2D eigenvalue weighted by molar-refractivity contribution is 0.00167. The molecule has 0 atom stereocenters. The van der Waals surface area contributed by atoms with Gasteiger partial charge < -0.3 is 9.64 Å². The molecule has 0 radical (unpaired) electrons. The molecule has 1 aromatic heterocycles. The number of carbonyl (C=O) groups is 1. The van der Waals surface area contributed by atoms with Crippen molar-refractivity contribution in [1.29, 1.82) is 0 Å². The molecule has 0 N–H and O–H groups in total. The fraction of sp³-hybridized carbons (Fsp3) is 0.615. The molecule has 2 aliphatic heterocycles. The summed E-state index contributed by atoms with van der Waals surface area (Å²) in [5, 5.41) is 4.97. The summed E-state index contributed by atoms with van der Waals surface area (Å²) in [6.07, 6.45) is 6.43. The number of hydrogen-bond donors (Lipinski definition) is 0. The number of carbonyl (C=O) groups excluding carboxylic acids is 1. The molecule has 0 unspecified atom stereocenters. The topological polar surface area (TPSA) is 50.6 Å². The summed E-state index contributed by atoms with van der Waals surface area (Å²) in [6.45, 7) is 13.6. The third kappa shape index (κ3) is 5.46. The first-order valence-electron chi connectivity index (χ1n) is 12.1. The molecule has 7 heteroatoms. The van der Waals surface area contributed by atoms with Gasteiger partial charge in [0.15, 0.2) is 0 Å². The van der Waals surface area contributed by atoms with Gasteiger partial charge in [0, 0.05) is 53.0 Å². The number of benzene rings is 1. The van der Waals surface area contributed by atoms with Crippen LogP contribution in [0, 0.1) is 0 Å². The van der Waals surface area contributed by atoms with Crippen LogP contribution in [0.3, 0.4) is 0 Å². The average Bonchev–Trinajstić information content (AvgIpc) is 3.32. The van der Waals surface area contributed by atoms with Crippen molar-refractivity contribution in [2.75, 3.05) is 19.6 Å². The molecule has 2 fully saturated rings. The normalized spacial score (nSPS) is 18.9. The smallest absolute Gasteiger partial charge is 0.410 e. The first kappa shape index (κ1) is 24.3. The Hall–Kier alpha value is -1.86. The van der Waals surface area contributed by atoms with E-state index >= 15 is 0 Å². The third-order valence-electron chi connectivity index (χ3n) is 6.88. The lowest BCUT2D eigenvalue weighted by Gasteiger charge is -2.45. The lowest BCUT2D eigenvalue weighted by atomic mass is 9.85. The molecule has 0 saturated carbocycles. The van der Waals surface area contributed by atoms with Gasteiger partial charge in [-0.05, 0) is 79.0 Å². The van der Waals surface area contributed by atoms with Gasteiger partial charge in [-0.1, -0.05) is 28.1 Å². The van der Waals surface area contributed by atoms with Crippen LogP contribution >= 0.6 is 15.9 Å². The monoisotopic (exact) mass is 516 g/mol. The molecule has 180 valence electrons. The first-order valence-corrected chi connectivity index (χ1v) is 12.9. The van der Waals surface area contributed by atoms with Crippen LogP contribution in [0.5, 0.6) is 0 Å². The van der Waals surface area contributed by atoms with E-state index in [4.69, 9.17) is 9.84 Å². The Balaban J connectivity index is 1.52. The number of amides is 1. The number of rotatable bonds is 4. The number of hydrogen-bond acceptors (Lipinski definition) is 4. The summed E-state index contributed by atoms with van der Waals surface area (Å²) in [6, 6.07) is 8.72. The highest BCUT2D eigenvalue weighted by Gasteiger charge is 2.44. The van der Waals surface area contributed by atoms with E-state index in [0.29, 0.717) is 6.04 Å². The second kappa shape index (κ2) is 9.41. The zero-order chi connectivity index (χ0) is 23.8. The minimum Gasteiger partial charge on any atom is -0.444 e. The maximum atomic E-state index is 12.6. The Morgan fingerprint density at radius 2 is 1.91 bits per heavy atom. The van der Waals surface area contributed by atoms with Gasteiger partial charge in [-0.15, -0.1) is 0 Å². The second-order valence-corrected chi connectivity index (χ2v) is 11.7. The van der Waals surface area contributed by atoms with Crippen LogP contribution in [0.4, 0.5) is 4.79 Å². The van der Waals surface area contributed by atoms with E-state index in [0.717, 1.165) is 54.8 Å². The van der Waals surface area contributed by atoms with Crippen LogP contribution < -0.4 is 0 Å². The number of nitrogens with zero attached hydrogens (tertiary/aromatic N) is 4. The van der Waals surface area contributed by atoms with E-state index in [1.165, 1.54) is 18.4 Å². The van der Waals surface area contributed by atoms with Gasteiger partial charge in [0.2, 0.25) is 0 Å². The van der Waals surface area contributed by atoms with Crippen LogP contribution in [-0.4, -0.2) is 56.4 Å². The van der Waals surface area contributed by atoms with Gasteiger partial charge in [-0.3, -0.25) is 9.58 Å². The van der Waals surface area contributed by atoms with E-state index < -0.39 is 5.60 Å². The summed E-state index contributed by atoms with van der Waals surface area (Å²) in [4.78, 5) is 17.1. The molecular formula is C26H37BrN4O2. The summed E-state index contributed by atoms with van der Waals surface area (Å²) in [7, 11) is 0. The Bertz CT molecular complexity index is 986. The van der Waals surface area contributed by atoms with Gasteiger partial charge in [0.05, 0.1) is 5.69 Å². The SMILES string of the molecule is CC(C)n1cc(CN2CCCC23CCN(C(=O)OC(C)(C)C)CC3)c(-c2cccc(Br)c2)n1. The molecule has 33 heavy (non-hydrogen) atoms. The predicted octanol–water partition coefficient (Wildman–Crippen LogP) is 6.26. The molecule has 2 aliphatic rings. The van der Waals surface area contributed by atoms with Crippen LogP contribution in [0.1, 0.15) is 71.9 Å². The number of piperidine rings is 1. The fourth-order valence-corrected chi connectivity index (χ4v) is 5.53. The van der Waals surface area contributed by atoms with Crippen molar-refractivity contribution in [2.45, 2.75) is 84.0 Å². The van der Waals surface area contributed by atoms with E-state index in [-0.39, 0.29) is 11.6 Å². The van der Waals surface area contributed by atoms with Gasteiger partial charge in [-0.25, -0.2) is 4.79 Å². The highest BCUT2D eigenvalue weighted by atomic mass is 79.9. The van der Waals surface area contributed by atoms with E-state index in [1.807, 2.05) is 25.7 Å². The average molecular weight is 518 g/mol.